The van der Waals surface area contributed by atoms with Crippen molar-refractivity contribution >= 4 is 32.4 Å². The van der Waals surface area contributed by atoms with Gasteiger partial charge < -0.3 is 5.32 Å². The molecule has 1 heterocycles. The van der Waals surface area contributed by atoms with Crippen LogP contribution in [0.5, 0.6) is 0 Å². The number of benzene rings is 1. The zero-order valence-electron chi connectivity index (χ0n) is 15.7. The van der Waals surface area contributed by atoms with Crippen molar-refractivity contribution in [2.45, 2.75) is 50.8 Å². The summed E-state index contributed by atoms with van der Waals surface area (Å²) in [5.41, 5.74) is 0.734. The van der Waals surface area contributed by atoms with Gasteiger partial charge in [0.2, 0.25) is 21.1 Å². The van der Waals surface area contributed by atoms with Crippen LogP contribution in [0.2, 0.25) is 0 Å². The minimum atomic E-state index is -3.30. The summed E-state index contributed by atoms with van der Waals surface area (Å²) in [7, 11) is -3.30. The van der Waals surface area contributed by atoms with Gasteiger partial charge in [-0.2, -0.15) is 0 Å². The molecule has 0 radical (unpaired) electrons. The Morgan fingerprint density at radius 2 is 1.79 bits per heavy atom. The lowest BCUT2D eigenvalue weighted by Gasteiger charge is -2.28. The maximum Gasteiger partial charge on any atom is 0.229 e. The quantitative estimate of drug-likeness (QED) is 0.739. The molecule has 1 aromatic carbocycles. The minimum absolute atomic E-state index is 0.122. The van der Waals surface area contributed by atoms with Crippen LogP contribution in [0.1, 0.15) is 39.5 Å². The Morgan fingerprint density at radius 1 is 1.14 bits per heavy atom. The molecule has 0 bridgehead atoms. The van der Waals surface area contributed by atoms with Crippen molar-refractivity contribution in [3.8, 4) is 10.6 Å². The van der Waals surface area contributed by atoms with E-state index >= 15 is 0 Å². The van der Waals surface area contributed by atoms with Crippen LogP contribution in [-0.2, 0) is 14.8 Å². The number of hydrogen-bond acceptors (Lipinski definition) is 6. The van der Waals surface area contributed by atoms with E-state index in [1.165, 1.54) is 23.5 Å². The van der Waals surface area contributed by atoms with E-state index in [1.54, 1.807) is 26.0 Å². The standard InChI is InChI=1S/C18H23FN4O3S2/c1-11(2)28(25,26)23-15-9-5-12(6-10-15)16(24)20-18-22-21-17(27-18)13-3-7-14(19)8-4-13/h3-4,7-8,11-12,15,23H,5-6,9-10H2,1-2H3,(H,20,22,24). The molecule has 0 saturated heterocycles. The molecule has 0 unspecified atom stereocenters. The lowest BCUT2D eigenvalue weighted by atomic mass is 9.86. The van der Waals surface area contributed by atoms with E-state index in [0.29, 0.717) is 35.8 Å². The average molecular weight is 427 g/mol. The number of nitrogens with zero attached hydrogens (tertiary/aromatic N) is 2. The van der Waals surface area contributed by atoms with Crippen molar-refractivity contribution in [2.24, 2.45) is 5.92 Å². The van der Waals surface area contributed by atoms with Gasteiger partial charge in [0.15, 0.2) is 0 Å². The zero-order chi connectivity index (χ0) is 20.3. The third kappa shape index (κ3) is 5.12. The monoisotopic (exact) mass is 426 g/mol. The van der Waals surface area contributed by atoms with Crippen LogP contribution in [0.15, 0.2) is 24.3 Å². The summed E-state index contributed by atoms with van der Waals surface area (Å²) in [5, 5.41) is 11.3. The van der Waals surface area contributed by atoms with E-state index in [4.69, 9.17) is 0 Å². The smallest absolute Gasteiger partial charge is 0.229 e. The Bertz CT molecular complexity index is 921. The molecule has 7 nitrogen and oxygen atoms in total. The molecule has 1 saturated carbocycles. The highest BCUT2D eigenvalue weighted by atomic mass is 32.2. The molecule has 1 aliphatic rings. The van der Waals surface area contributed by atoms with Crippen LogP contribution >= 0.6 is 11.3 Å². The fourth-order valence-corrected chi connectivity index (χ4v) is 4.76. The van der Waals surface area contributed by atoms with Crippen LogP contribution in [0.25, 0.3) is 10.6 Å². The SMILES string of the molecule is CC(C)S(=O)(=O)NC1CCC(C(=O)Nc2nnc(-c3ccc(F)cc3)s2)CC1. The van der Waals surface area contributed by atoms with Crippen molar-refractivity contribution in [3.05, 3.63) is 30.1 Å². The summed E-state index contributed by atoms with van der Waals surface area (Å²) < 4.78 is 39.7. The van der Waals surface area contributed by atoms with E-state index in [-0.39, 0.29) is 23.7 Å². The van der Waals surface area contributed by atoms with Gasteiger partial charge in [-0.05, 0) is 63.8 Å². The topological polar surface area (TPSA) is 101 Å². The molecule has 28 heavy (non-hydrogen) atoms. The summed E-state index contributed by atoms with van der Waals surface area (Å²) >= 11 is 1.23. The van der Waals surface area contributed by atoms with E-state index in [9.17, 15) is 17.6 Å². The van der Waals surface area contributed by atoms with Gasteiger partial charge in [0, 0.05) is 17.5 Å². The van der Waals surface area contributed by atoms with Crippen LogP contribution < -0.4 is 10.0 Å². The van der Waals surface area contributed by atoms with Crippen molar-refractivity contribution in [1.82, 2.24) is 14.9 Å². The van der Waals surface area contributed by atoms with Gasteiger partial charge >= 0.3 is 0 Å². The second kappa shape index (κ2) is 8.62. The first-order chi connectivity index (χ1) is 13.2. The number of aromatic nitrogens is 2. The highest BCUT2D eigenvalue weighted by molar-refractivity contribution is 7.90. The predicted molar refractivity (Wildman–Crippen MR) is 107 cm³/mol. The van der Waals surface area contributed by atoms with Gasteiger partial charge in [-0.25, -0.2) is 17.5 Å². The predicted octanol–water partition coefficient (Wildman–Crippen LogP) is 3.17. The fraction of sp³-hybridized carbons (Fsp3) is 0.500. The first kappa shape index (κ1) is 20.8. The normalized spacial score (nSPS) is 20.3. The summed E-state index contributed by atoms with van der Waals surface area (Å²) in [5.74, 6) is -0.641. The van der Waals surface area contributed by atoms with Crippen LogP contribution in [-0.4, -0.2) is 35.8 Å². The molecule has 1 fully saturated rings. The van der Waals surface area contributed by atoms with Crippen molar-refractivity contribution < 1.29 is 17.6 Å². The number of hydrogen-bond donors (Lipinski definition) is 2. The minimum Gasteiger partial charge on any atom is -0.300 e. The molecule has 0 spiro atoms. The van der Waals surface area contributed by atoms with Crippen LogP contribution in [0.4, 0.5) is 9.52 Å². The number of sulfonamides is 1. The number of carbonyl (C=O) groups is 1. The Balaban J connectivity index is 1.53. The van der Waals surface area contributed by atoms with Gasteiger partial charge in [-0.3, -0.25) is 4.79 Å². The molecule has 10 heteroatoms. The third-order valence-corrected chi connectivity index (χ3v) is 7.59. The van der Waals surface area contributed by atoms with Gasteiger partial charge in [0.25, 0.3) is 0 Å². The number of rotatable bonds is 6. The van der Waals surface area contributed by atoms with Crippen molar-refractivity contribution in [2.75, 3.05) is 5.32 Å². The summed E-state index contributed by atoms with van der Waals surface area (Å²) in [6.45, 7) is 3.29. The lowest BCUT2D eigenvalue weighted by Crippen LogP contribution is -2.42. The van der Waals surface area contributed by atoms with Gasteiger partial charge in [0.1, 0.15) is 10.8 Å². The second-order valence-electron chi connectivity index (χ2n) is 7.17. The zero-order valence-corrected chi connectivity index (χ0v) is 17.3. The molecule has 3 rings (SSSR count). The number of nitrogens with one attached hydrogen (secondary N) is 2. The van der Waals surface area contributed by atoms with E-state index in [1.807, 2.05) is 0 Å². The summed E-state index contributed by atoms with van der Waals surface area (Å²) in [6, 6.07) is 5.80. The number of anilines is 1. The Hall–Kier alpha value is -1.91. The Morgan fingerprint density at radius 3 is 2.39 bits per heavy atom. The number of carbonyl (C=O) groups excluding carboxylic acids is 1. The molecule has 152 valence electrons. The molecule has 1 aromatic heterocycles. The number of amides is 1. The molecule has 2 aromatic rings. The molecule has 1 aliphatic carbocycles. The first-order valence-corrected chi connectivity index (χ1v) is 11.5. The van der Waals surface area contributed by atoms with E-state index in [0.717, 1.165) is 5.56 Å². The fourth-order valence-electron chi connectivity index (χ4n) is 3.03. The molecule has 2 N–H and O–H groups in total. The highest BCUT2D eigenvalue weighted by Gasteiger charge is 2.30. The first-order valence-electron chi connectivity index (χ1n) is 9.16. The van der Waals surface area contributed by atoms with Crippen LogP contribution in [0.3, 0.4) is 0 Å². The maximum absolute atomic E-state index is 13.0. The third-order valence-electron chi connectivity index (χ3n) is 4.80. The molecule has 0 aliphatic heterocycles. The largest absolute Gasteiger partial charge is 0.300 e. The highest BCUT2D eigenvalue weighted by Crippen LogP contribution is 2.29. The van der Waals surface area contributed by atoms with Gasteiger partial charge in [-0.15, -0.1) is 10.2 Å². The Kier molecular flexibility index (Phi) is 6.41. The van der Waals surface area contributed by atoms with Gasteiger partial charge in [-0.1, -0.05) is 11.3 Å². The van der Waals surface area contributed by atoms with E-state index in [2.05, 4.69) is 20.2 Å². The maximum atomic E-state index is 13.0. The Labute approximate surface area is 167 Å². The summed E-state index contributed by atoms with van der Waals surface area (Å²) in [6.07, 6.45) is 2.48. The molecular formula is C18H23FN4O3S2. The van der Waals surface area contributed by atoms with E-state index < -0.39 is 15.3 Å². The van der Waals surface area contributed by atoms with Crippen molar-refractivity contribution in [3.63, 3.8) is 0 Å². The molecule has 0 atom stereocenters. The van der Waals surface area contributed by atoms with Crippen LogP contribution in [0, 0.1) is 11.7 Å². The number of halogens is 1. The second-order valence-corrected chi connectivity index (χ2v) is 10.4. The summed E-state index contributed by atoms with van der Waals surface area (Å²) in [4.78, 5) is 12.5. The molecule has 1 amide bonds. The molecular weight excluding hydrogens is 403 g/mol. The average Bonchev–Trinajstić information content (AvgIpc) is 3.11. The van der Waals surface area contributed by atoms with Crippen molar-refractivity contribution in [1.29, 1.82) is 0 Å². The lowest BCUT2D eigenvalue weighted by molar-refractivity contribution is -0.120. The van der Waals surface area contributed by atoms with Gasteiger partial charge in [0.05, 0.1) is 5.25 Å².